The fourth-order valence-electron chi connectivity index (χ4n) is 2.93. The van der Waals surface area contributed by atoms with Gasteiger partial charge in [-0.25, -0.2) is 4.39 Å². The summed E-state index contributed by atoms with van der Waals surface area (Å²) in [6, 6.07) is 4.48. The molecule has 1 fully saturated rings. The summed E-state index contributed by atoms with van der Waals surface area (Å²) in [5, 5.41) is 4.22. The molecule has 1 aliphatic carbocycles. The summed E-state index contributed by atoms with van der Waals surface area (Å²) in [5.41, 5.74) is 0.275. The number of rotatable bonds is 5. The van der Waals surface area contributed by atoms with Crippen LogP contribution in [0, 0.1) is 17.7 Å². The lowest BCUT2D eigenvalue weighted by Crippen LogP contribution is -2.35. The molecule has 1 aliphatic rings. The van der Waals surface area contributed by atoms with Crippen LogP contribution < -0.4 is 5.32 Å². The molecule has 5 heteroatoms. The van der Waals surface area contributed by atoms with Crippen LogP contribution in [0.4, 0.5) is 4.39 Å². The Morgan fingerprint density at radius 2 is 2.05 bits per heavy atom. The van der Waals surface area contributed by atoms with Gasteiger partial charge in [0.25, 0.3) is 0 Å². The third-order valence-corrected chi connectivity index (χ3v) is 5.41. The standard InChI is InChI=1S/C16H20BrClFNO/c17-9-11-4-1-2-5-12(11)10-20-16(21)8-13-14(18)6-3-7-15(13)19/h3,6-7,11-12H,1-2,4-5,8-10H2,(H,20,21). The van der Waals surface area contributed by atoms with Gasteiger partial charge in [-0.2, -0.15) is 0 Å². The predicted molar refractivity (Wildman–Crippen MR) is 87.4 cm³/mol. The molecule has 1 amide bonds. The molecule has 2 rings (SSSR count). The molecule has 0 spiro atoms. The first-order valence-corrected chi connectivity index (χ1v) is 8.87. The zero-order valence-electron chi connectivity index (χ0n) is 11.9. The van der Waals surface area contributed by atoms with E-state index in [1.165, 1.54) is 25.3 Å². The topological polar surface area (TPSA) is 29.1 Å². The van der Waals surface area contributed by atoms with E-state index < -0.39 is 5.82 Å². The van der Waals surface area contributed by atoms with Crippen molar-refractivity contribution in [2.45, 2.75) is 32.1 Å². The normalized spacial score (nSPS) is 22.0. The van der Waals surface area contributed by atoms with Crippen molar-refractivity contribution in [3.05, 3.63) is 34.6 Å². The maximum atomic E-state index is 13.7. The number of alkyl halides is 1. The van der Waals surface area contributed by atoms with E-state index in [1.807, 2.05) is 0 Å². The molecular weight excluding hydrogens is 357 g/mol. The maximum Gasteiger partial charge on any atom is 0.224 e. The van der Waals surface area contributed by atoms with Gasteiger partial charge >= 0.3 is 0 Å². The number of hydrogen-bond acceptors (Lipinski definition) is 1. The second-order valence-corrected chi connectivity index (χ2v) is 6.69. The van der Waals surface area contributed by atoms with Gasteiger partial charge < -0.3 is 5.32 Å². The summed E-state index contributed by atoms with van der Waals surface area (Å²) in [6.45, 7) is 0.668. The molecule has 2 atom stereocenters. The van der Waals surface area contributed by atoms with Crippen LogP contribution in [-0.2, 0) is 11.2 Å². The van der Waals surface area contributed by atoms with E-state index >= 15 is 0 Å². The van der Waals surface area contributed by atoms with Gasteiger partial charge in [0.1, 0.15) is 5.82 Å². The minimum atomic E-state index is -0.423. The van der Waals surface area contributed by atoms with E-state index in [4.69, 9.17) is 11.6 Å². The summed E-state index contributed by atoms with van der Waals surface area (Å²) >= 11 is 9.49. The van der Waals surface area contributed by atoms with Gasteiger partial charge in [-0.3, -0.25) is 4.79 Å². The monoisotopic (exact) mass is 375 g/mol. The highest BCUT2D eigenvalue weighted by molar-refractivity contribution is 9.09. The van der Waals surface area contributed by atoms with Crippen LogP contribution in [0.2, 0.25) is 5.02 Å². The molecule has 0 aliphatic heterocycles. The van der Waals surface area contributed by atoms with Crippen molar-refractivity contribution in [1.82, 2.24) is 5.32 Å². The van der Waals surface area contributed by atoms with E-state index in [2.05, 4.69) is 21.2 Å². The van der Waals surface area contributed by atoms with Crippen molar-refractivity contribution in [1.29, 1.82) is 0 Å². The zero-order chi connectivity index (χ0) is 15.2. The zero-order valence-corrected chi connectivity index (χ0v) is 14.2. The molecule has 116 valence electrons. The van der Waals surface area contributed by atoms with Crippen molar-refractivity contribution in [3.63, 3.8) is 0 Å². The quantitative estimate of drug-likeness (QED) is 0.761. The lowest BCUT2D eigenvalue weighted by Gasteiger charge is -2.30. The molecule has 0 radical (unpaired) electrons. The number of carbonyl (C=O) groups excluding carboxylic acids is 1. The number of carbonyl (C=O) groups is 1. The summed E-state index contributed by atoms with van der Waals surface area (Å²) in [5.74, 6) is 0.545. The molecule has 1 N–H and O–H groups in total. The van der Waals surface area contributed by atoms with Crippen molar-refractivity contribution < 1.29 is 9.18 Å². The van der Waals surface area contributed by atoms with Gasteiger partial charge in [0, 0.05) is 22.5 Å². The number of benzene rings is 1. The van der Waals surface area contributed by atoms with E-state index in [9.17, 15) is 9.18 Å². The van der Waals surface area contributed by atoms with Gasteiger partial charge in [-0.15, -0.1) is 0 Å². The Hall–Kier alpha value is -0.610. The minimum absolute atomic E-state index is 0.00277. The molecule has 0 bridgehead atoms. The molecule has 0 heterocycles. The Bertz CT molecular complexity index is 477. The van der Waals surface area contributed by atoms with Crippen molar-refractivity contribution >= 4 is 33.4 Å². The fraction of sp³-hybridized carbons (Fsp3) is 0.562. The van der Waals surface area contributed by atoms with Crippen LogP contribution in [0.15, 0.2) is 18.2 Å². The van der Waals surface area contributed by atoms with Crippen LogP contribution in [0.3, 0.4) is 0 Å². The first-order chi connectivity index (χ1) is 10.1. The van der Waals surface area contributed by atoms with Gasteiger partial charge in [0.15, 0.2) is 0 Å². The highest BCUT2D eigenvalue weighted by Crippen LogP contribution is 2.30. The summed E-state index contributed by atoms with van der Waals surface area (Å²) < 4.78 is 13.7. The molecule has 1 aromatic rings. The second-order valence-electron chi connectivity index (χ2n) is 5.64. The molecule has 21 heavy (non-hydrogen) atoms. The molecule has 2 unspecified atom stereocenters. The third-order valence-electron chi connectivity index (χ3n) is 4.23. The van der Waals surface area contributed by atoms with Gasteiger partial charge in [0.2, 0.25) is 5.91 Å². The molecule has 0 saturated heterocycles. The van der Waals surface area contributed by atoms with Crippen LogP contribution in [0.25, 0.3) is 0 Å². The first kappa shape index (κ1) is 16.8. The number of nitrogens with one attached hydrogen (secondary N) is 1. The van der Waals surface area contributed by atoms with Crippen LogP contribution in [-0.4, -0.2) is 17.8 Å². The fourth-order valence-corrected chi connectivity index (χ4v) is 4.01. The third kappa shape index (κ3) is 4.68. The number of hydrogen-bond donors (Lipinski definition) is 1. The lowest BCUT2D eigenvalue weighted by molar-refractivity contribution is -0.120. The summed E-state index contributed by atoms with van der Waals surface area (Å²) in [6.07, 6.45) is 4.86. The molecule has 1 aromatic carbocycles. The summed E-state index contributed by atoms with van der Waals surface area (Å²) in [4.78, 5) is 12.0. The SMILES string of the molecule is O=C(Cc1c(F)cccc1Cl)NCC1CCCCC1CBr. The van der Waals surface area contributed by atoms with Gasteiger partial charge in [0.05, 0.1) is 6.42 Å². The average molecular weight is 377 g/mol. The van der Waals surface area contributed by atoms with E-state index in [0.29, 0.717) is 23.4 Å². The smallest absolute Gasteiger partial charge is 0.224 e. The maximum absolute atomic E-state index is 13.7. The van der Waals surface area contributed by atoms with E-state index in [-0.39, 0.29) is 17.9 Å². The summed E-state index contributed by atoms with van der Waals surface area (Å²) in [7, 11) is 0. The van der Waals surface area contributed by atoms with Gasteiger partial charge in [-0.1, -0.05) is 46.4 Å². The van der Waals surface area contributed by atoms with E-state index in [1.54, 1.807) is 12.1 Å². The first-order valence-electron chi connectivity index (χ1n) is 7.37. The number of halogens is 3. The minimum Gasteiger partial charge on any atom is -0.356 e. The van der Waals surface area contributed by atoms with Crippen molar-refractivity contribution in [2.75, 3.05) is 11.9 Å². The molecular formula is C16H20BrClFNO. The van der Waals surface area contributed by atoms with Crippen LogP contribution >= 0.6 is 27.5 Å². The highest BCUT2D eigenvalue weighted by atomic mass is 79.9. The Labute approximate surface area is 138 Å². The number of amides is 1. The molecule has 2 nitrogen and oxygen atoms in total. The van der Waals surface area contributed by atoms with Gasteiger partial charge in [-0.05, 0) is 36.8 Å². The van der Waals surface area contributed by atoms with Crippen molar-refractivity contribution in [2.24, 2.45) is 11.8 Å². The largest absolute Gasteiger partial charge is 0.356 e. The van der Waals surface area contributed by atoms with Crippen molar-refractivity contribution in [3.8, 4) is 0 Å². The highest BCUT2D eigenvalue weighted by Gasteiger charge is 2.24. The Kier molecular flexibility index (Phi) is 6.49. The van der Waals surface area contributed by atoms with E-state index in [0.717, 1.165) is 11.8 Å². The molecule has 1 saturated carbocycles. The predicted octanol–water partition coefficient (Wildman–Crippen LogP) is 4.34. The van der Waals surface area contributed by atoms with Crippen LogP contribution in [0.1, 0.15) is 31.2 Å². The Morgan fingerprint density at radius 3 is 2.71 bits per heavy atom. The second kappa shape index (κ2) is 8.14. The lowest BCUT2D eigenvalue weighted by atomic mass is 9.80. The Morgan fingerprint density at radius 1 is 1.33 bits per heavy atom. The molecule has 0 aromatic heterocycles. The van der Waals surface area contributed by atoms with Crippen LogP contribution in [0.5, 0.6) is 0 Å². The Balaban J connectivity index is 1.87. The average Bonchev–Trinajstić information content (AvgIpc) is 2.49.